The fraction of sp³-hybridized carbons (Fsp3) is 0.150. The number of nitrogens with one attached hydrogen (secondary N) is 3. The lowest BCUT2D eigenvalue weighted by molar-refractivity contribution is -0.192. The van der Waals surface area contributed by atoms with Crippen LogP contribution in [0.25, 0.3) is 0 Å². The number of aliphatic carboxylic acids is 1. The number of aryl methyl sites for hydroxylation is 1. The second-order valence-corrected chi connectivity index (χ2v) is 8.33. The number of hydrogen-bond acceptors (Lipinski definition) is 7. The fourth-order valence-electron chi connectivity index (χ4n) is 2.37. The molecule has 0 aliphatic rings. The Hall–Kier alpha value is -3.71. The van der Waals surface area contributed by atoms with Crippen molar-refractivity contribution in [3.8, 4) is 0 Å². The summed E-state index contributed by atoms with van der Waals surface area (Å²) in [4.78, 5) is 17.5. The minimum Gasteiger partial charge on any atom is -0.475 e. The maximum absolute atomic E-state index is 11.9. The van der Waals surface area contributed by atoms with Gasteiger partial charge in [0.2, 0.25) is 10.0 Å². The molecule has 176 valence electrons. The molecule has 1 heterocycles. The van der Waals surface area contributed by atoms with E-state index in [4.69, 9.17) is 9.90 Å². The van der Waals surface area contributed by atoms with Gasteiger partial charge in [0.15, 0.2) is 0 Å². The Morgan fingerprint density at radius 1 is 0.939 bits per heavy atom. The summed E-state index contributed by atoms with van der Waals surface area (Å²) in [5.74, 6) is -1.58. The summed E-state index contributed by atoms with van der Waals surface area (Å²) < 4.78 is 57.9. The molecule has 0 amide bonds. The number of nitrogens with zero attached hydrogens (tertiary/aromatic N) is 2. The van der Waals surface area contributed by atoms with E-state index < -0.39 is 22.2 Å². The molecule has 0 atom stereocenters. The van der Waals surface area contributed by atoms with Crippen molar-refractivity contribution in [3.63, 3.8) is 0 Å². The predicted octanol–water partition coefficient (Wildman–Crippen LogP) is 3.81. The highest BCUT2D eigenvalue weighted by atomic mass is 32.2. The third-order valence-electron chi connectivity index (χ3n) is 3.89. The van der Waals surface area contributed by atoms with Crippen molar-refractivity contribution >= 4 is 39.0 Å². The van der Waals surface area contributed by atoms with Crippen molar-refractivity contribution in [2.24, 2.45) is 0 Å². The van der Waals surface area contributed by atoms with Gasteiger partial charge in [-0.05, 0) is 49.9 Å². The zero-order valence-corrected chi connectivity index (χ0v) is 18.2. The van der Waals surface area contributed by atoms with Crippen LogP contribution in [0.3, 0.4) is 0 Å². The van der Waals surface area contributed by atoms with Crippen LogP contribution in [0.4, 0.5) is 36.2 Å². The SMILES string of the molecule is CNS(=O)(=O)c1cccc(Nc2cc(Nc3cccc(C)c3)ncn2)c1.O=C(O)C(F)(F)F. The minimum absolute atomic E-state index is 0.178. The first-order valence-electron chi connectivity index (χ1n) is 9.17. The lowest BCUT2D eigenvalue weighted by Crippen LogP contribution is -2.21. The molecule has 0 fully saturated rings. The molecular formula is C20H20F3N5O4S. The number of benzene rings is 2. The zero-order chi connectivity index (χ0) is 24.6. The van der Waals surface area contributed by atoms with E-state index in [0.717, 1.165) is 11.3 Å². The normalized spacial score (nSPS) is 11.2. The molecule has 1 aromatic heterocycles. The topological polar surface area (TPSA) is 133 Å². The summed E-state index contributed by atoms with van der Waals surface area (Å²) in [5, 5.41) is 13.4. The van der Waals surface area contributed by atoms with Crippen molar-refractivity contribution in [2.75, 3.05) is 17.7 Å². The van der Waals surface area contributed by atoms with Crippen LogP contribution >= 0.6 is 0 Å². The molecular weight excluding hydrogens is 463 g/mol. The lowest BCUT2D eigenvalue weighted by atomic mass is 10.2. The highest BCUT2D eigenvalue weighted by molar-refractivity contribution is 7.89. The van der Waals surface area contributed by atoms with Crippen LogP contribution in [-0.2, 0) is 14.8 Å². The van der Waals surface area contributed by atoms with E-state index in [1.807, 2.05) is 31.2 Å². The van der Waals surface area contributed by atoms with Gasteiger partial charge in [0.25, 0.3) is 0 Å². The van der Waals surface area contributed by atoms with Crippen molar-refractivity contribution in [3.05, 3.63) is 66.5 Å². The Labute approximate surface area is 187 Å². The molecule has 0 bridgehead atoms. The zero-order valence-electron chi connectivity index (χ0n) is 17.4. The van der Waals surface area contributed by atoms with Crippen molar-refractivity contribution in [1.29, 1.82) is 0 Å². The molecule has 0 aliphatic heterocycles. The number of rotatable bonds is 6. The van der Waals surface area contributed by atoms with E-state index in [0.29, 0.717) is 17.3 Å². The molecule has 0 saturated carbocycles. The van der Waals surface area contributed by atoms with Gasteiger partial charge in [-0.1, -0.05) is 18.2 Å². The highest BCUT2D eigenvalue weighted by Crippen LogP contribution is 2.21. The summed E-state index contributed by atoms with van der Waals surface area (Å²) in [6.07, 6.45) is -3.64. The summed E-state index contributed by atoms with van der Waals surface area (Å²) in [5.41, 5.74) is 2.68. The Kier molecular flexibility index (Phi) is 8.32. The highest BCUT2D eigenvalue weighted by Gasteiger charge is 2.38. The van der Waals surface area contributed by atoms with Crippen molar-refractivity contribution in [1.82, 2.24) is 14.7 Å². The Morgan fingerprint density at radius 2 is 1.45 bits per heavy atom. The first-order chi connectivity index (χ1) is 15.4. The molecule has 0 radical (unpaired) electrons. The van der Waals surface area contributed by atoms with E-state index in [2.05, 4.69) is 25.3 Å². The molecule has 0 unspecified atom stereocenters. The molecule has 3 aromatic rings. The standard InChI is InChI=1S/C18H19N5O2S.C2HF3O2/c1-13-5-3-6-14(9-13)22-17-11-18(21-12-20-17)23-15-7-4-8-16(10-15)26(24,25)19-2;3-2(4,5)1(6)7/h3-12,19H,1-2H3,(H2,20,21,22,23);(H,6,7). The average molecular weight is 483 g/mol. The molecule has 33 heavy (non-hydrogen) atoms. The number of aromatic nitrogens is 2. The third kappa shape index (κ3) is 8.05. The number of hydrogen-bond donors (Lipinski definition) is 4. The quantitative estimate of drug-likeness (QED) is 0.416. The van der Waals surface area contributed by atoms with Crippen LogP contribution in [-0.4, -0.2) is 42.7 Å². The second-order valence-electron chi connectivity index (χ2n) is 6.45. The maximum Gasteiger partial charge on any atom is 0.490 e. The lowest BCUT2D eigenvalue weighted by Gasteiger charge is -2.10. The van der Waals surface area contributed by atoms with Gasteiger partial charge < -0.3 is 15.7 Å². The molecule has 0 aliphatic carbocycles. The van der Waals surface area contributed by atoms with Gasteiger partial charge in [0.1, 0.15) is 18.0 Å². The molecule has 13 heteroatoms. The smallest absolute Gasteiger partial charge is 0.475 e. The largest absolute Gasteiger partial charge is 0.490 e. The van der Waals surface area contributed by atoms with E-state index in [-0.39, 0.29) is 4.90 Å². The Bertz CT molecular complexity index is 1220. The van der Waals surface area contributed by atoms with Gasteiger partial charge in [-0.3, -0.25) is 0 Å². The van der Waals surface area contributed by atoms with Gasteiger partial charge in [-0.25, -0.2) is 27.9 Å². The van der Waals surface area contributed by atoms with Crippen LogP contribution in [0.5, 0.6) is 0 Å². The van der Waals surface area contributed by atoms with Crippen molar-refractivity contribution in [2.45, 2.75) is 18.0 Å². The summed E-state index contributed by atoms with van der Waals surface area (Å²) in [6, 6.07) is 16.2. The number of carboxylic acids is 1. The number of carbonyl (C=O) groups is 1. The van der Waals surface area contributed by atoms with Crippen LogP contribution in [0.2, 0.25) is 0 Å². The first kappa shape index (κ1) is 25.5. The number of halogens is 3. The molecule has 4 N–H and O–H groups in total. The van der Waals surface area contributed by atoms with Crippen molar-refractivity contribution < 1.29 is 31.5 Å². The predicted molar refractivity (Wildman–Crippen MR) is 116 cm³/mol. The minimum atomic E-state index is -5.08. The molecule has 0 spiro atoms. The van der Waals surface area contributed by atoms with E-state index in [9.17, 15) is 21.6 Å². The number of sulfonamides is 1. The third-order valence-corrected chi connectivity index (χ3v) is 5.30. The number of alkyl halides is 3. The Morgan fingerprint density at radius 3 is 1.94 bits per heavy atom. The van der Waals surface area contributed by atoms with Gasteiger partial charge in [-0.15, -0.1) is 0 Å². The first-order valence-corrected chi connectivity index (χ1v) is 10.7. The fourth-order valence-corrected chi connectivity index (χ4v) is 3.15. The van der Waals surface area contributed by atoms with Crippen LogP contribution in [0.15, 0.2) is 65.8 Å². The summed E-state index contributed by atoms with van der Waals surface area (Å²) in [7, 11) is -2.12. The van der Waals surface area contributed by atoms with Crippen LogP contribution in [0, 0.1) is 6.92 Å². The van der Waals surface area contributed by atoms with Crippen LogP contribution in [0.1, 0.15) is 5.56 Å². The number of anilines is 4. The summed E-state index contributed by atoms with van der Waals surface area (Å²) in [6.45, 7) is 2.02. The van der Waals surface area contributed by atoms with E-state index >= 15 is 0 Å². The monoisotopic (exact) mass is 483 g/mol. The second kappa shape index (κ2) is 10.7. The maximum atomic E-state index is 11.9. The van der Waals surface area contributed by atoms with E-state index in [1.165, 1.54) is 19.4 Å². The van der Waals surface area contributed by atoms with Gasteiger partial charge >= 0.3 is 12.1 Å². The molecule has 9 nitrogen and oxygen atoms in total. The molecule has 3 rings (SSSR count). The summed E-state index contributed by atoms with van der Waals surface area (Å²) >= 11 is 0. The number of carboxylic acid groups (broad SMARTS) is 1. The average Bonchev–Trinajstić information content (AvgIpc) is 2.74. The van der Waals surface area contributed by atoms with E-state index in [1.54, 1.807) is 24.3 Å². The molecule has 0 saturated heterocycles. The van der Waals surface area contributed by atoms with Gasteiger partial charge in [0.05, 0.1) is 4.90 Å². The Balaban J connectivity index is 0.000000479. The van der Waals surface area contributed by atoms with Gasteiger partial charge in [0, 0.05) is 17.4 Å². The van der Waals surface area contributed by atoms with Gasteiger partial charge in [-0.2, -0.15) is 13.2 Å². The van der Waals surface area contributed by atoms with Crippen LogP contribution < -0.4 is 15.4 Å². The molecule has 2 aromatic carbocycles.